The predicted octanol–water partition coefficient (Wildman–Crippen LogP) is 3.98. The number of benzene rings is 2. The Labute approximate surface area is 128 Å². The number of para-hydroxylation sites is 1. The summed E-state index contributed by atoms with van der Waals surface area (Å²) in [5.41, 5.74) is 2.67. The van der Waals surface area contributed by atoms with Gasteiger partial charge in [0.15, 0.2) is 0 Å². The smallest absolute Gasteiger partial charge is 0.119 e. The van der Waals surface area contributed by atoms with E-state index in [1.165, 1.54) is 11.1 Å². The second kappa shape index (κ2) is 8.48. The molecule has 0 aromatic heterocycles. The van der Waals surface area contributed by atoms with Gasteiger partial charge in [0.25, 0.3) is 0 Å². The second-order valence-corrected chi connectivity index (χ2v) is 5.47. The number of rotatable bonds is 8. The van der Waals surface area contributed by atoms with Gasteiger partial charge < -0.3 is 10.1 Å². The molecule has 0 saturated carbocycles. The maximum atomic E-state index is 5.91. The lowest BCUT2D eigenvalue weighted by atomic mass is 10.0. The Hall–Kier alpha value is -1.80. The SMILES string of the molecule is CCCNC(COc1ccccc1)Cc1cccc(C)c1. The van der Waals surface area contributed by atoms with Crippen LogP contribution in [0.5, 0.6) is 5.75 Å². The quantitative estimate of drug-likeness (QED) is 0.791. The Morgan fingerprint density at radius 3 is 2.57 bits per heavy atom. The molecular formula is C19H25NO. The molecule has 0 aliphatic carbocycles. The molecule has 1 N–H and O–H groups in total. The maximum Gasteiger partial charge on any atom is 0.119 e. The zero-order valence-corrected chi connectivity index (χ0v) is 13.0. The average molecular weight is 283 g/mol. The zero-order valence-electron chi connectivity index (χ0n) is 13.0. The van der Waals surface area contributed by atoms with Crippen molar-refractivity contribution in [2.75, 3.05) is 13.2 Å². The van der Waals surface area contributed by atoms with Gasteiger partial charge in [0.05, 0.1) is 0 Å². The monoisotopic (exact) mass is 283 g/mol. The Kier molecular flexibility index (Phi) is 6.29. The molecule has 21 heavy (non-hydrogen) atoms. The highest BCUT2D eigenvalue weighted by molar-refractivity contribution is 5.23. The molecule has 112 valence electrons. The van der Waals surface area contributed by atoms with E-state index in [1.54, 1.807) is 0 Å². The molecule has 0 spiro atoms. The van der Waals surface area contributed by atoms with E-state index in [9.17, 15) is 0 Å². The average Bonchev–Trinajstić information content (AvgIpc) is 2.51. The fraction of sp³-hybridized carbons (Fsp3) is 0.368. The van der Waals surface area contributed by atoms with Crippen LogP contribution in [0.25, 0.3) is 0 Å². The van der Waals surface area contributed by atoms with Gasteiger partial charge in [-0.2, -0.15) is 0 Å². The molecule has 0 aliphatic rings. The van der Waals surface area contributed by atoms with Crippen molar-refractivity contribution in [3.05, 3.63) is 65.7 Å². The van der Waals surface area contributed by atoms with Crippen molar-refractivity contribution in [2.45, 2.75) is 32.7 Å². The molecule has 1 atom stereocenters. The molecule has 2 aromatic rings. The van der Waals surface area contributed by atoms with Gasteiger partial charge in [-0.25, -0.2) is 0 Å². The number of hydrogen-bond donors (Lipinski definition) is 1. The summed E-state index contributed by atoms with van der Waals surface area (Å²) in [6.07, 6.45) is 2.13. The van der Waals surface area contributed by atoms with Crippen molar-refractivity contribution in [3.8, 4) is 5.75 Å². The highest BCUT2D eigenvalue weighted by Crippen LogP contribution is 2.11. The molecule has 2 rings (SSSR count). The van der Waals surface area contributed by atoms with E-state index in [2.05, 4.69) is 43.4 Å². The van der Waals surface area contributed by atoms with Crippen LogP contribution in [0.15, 0.2) is 54.6 Å². The van der Waals surface area contributed by atoms with Gasteiger partial charge in [-0.05, 0) is 44.0 Å². The lowest BCUT2D eigenvalue weighted by Gasteiger charge is -2.19. The first-order chi connectivity index (χ1) is 10.3. The largest absolute Gasteiger partial charge is 0.492 e. The normalized spacial score (nSPS) is 12.1. The van der Waals surface area contributed by atoms with E-state index >= 15 is 0 Å². The fourth-order valence-corrected chi connectivity index (χ4v) is 2.38. The summed E-state index contributed by atoms with van der Waals surface area (Å²) >= 11 is 0. The molecule has 0 fully saturated rings. The lowest BCUT2D eigenvalue weighted by molar-refractivity contribution is 0.263. The van der Waals surface area contributed by atoms with Crippen molar-refractivity contribution in [2.24, 2.45) is 0 Å². The van der Waals surface area contributed by atoms with Crippen LogP contribution in [-0.2, 0) is 6.42 Å². The summed E-state index contributed by atoms with van der Waals surface area (Å²) < 4.78 is 5.91. The number of hydrogen-bond acceptors (Lipinski definition) is 2. The molecule has 0 amide bonds. The van der Waals surface area contributed by atoms with Gasteiger partial charge in [0.2, 0.25) is 0 Å². The van der Waals surface area contributed by atoms with E-state index in [-0.39, 0.29) is 0 Å². The third kappa shape index (κ3) is 5.60. The minimum absolute atomic E-state index is 0.340. The van der Waals surface area contributed by atoms with E-state index in [4.69, 9.17) is 4.74 Å². The van der Waals surface area contributed by atoms with E-state index < -0.39 is 0 Å². The van der Waals surface area contributed by atoms with Gasteiger partial charge in [0.1, 0.15) is 12.4 Å². The summed E-state index contributed by atoms with van der Waals surface area (Å²) in [5.74, 6) is 0.935. The summed E-state index contributed by atoms with van der Waals surface area (Å²) in [5, 5.41) is 3.58. The number of aryl methyl sites for hydroxylation is 1. The minimum Gasteiger partial charge on any atom is -0.492 e. The van der Waals surface area contributed by atoms with Crippen LogP contribution in [0, 0.1) is 6.92 Å². The lowest BCUT2D eigenvalue weighted by Crippen LogP contribution is -2.37. The topological polar surface area (TPSA) is 21.3 Å². The Morgan fingerprint density at radius 1 is 1.05 bits per heavy atom. The Balaban J connectivity index is 1.94. The first-order valence-corrected chi connectivity index (χ1v) is 7.74. The van der Waals surface area contributed by atoms with E-state index in [0.29, 0.717) is 12.6 Å². The molecule has 2 aromatic carbocycles. The van der Waals surface area contributed by atoms with Crippen molar-refractivity contribution in [1.29, 1.82) is 0 Å². The molecule has 0 aliphatic heterocycles. The van der Waals surface area contributed by atoms with Crippen molar-refractivity contribution < 1.29 is 4.74 Å². The Bertz CT molecular complexity index is 524. The van der Waals surface area contributed by atoms with E-state index in [1.807, 2.05) is 30.3 Å². The molecule has 0 bridgehead atoms. The zero-order chi connectivity index (χ0) is 14.9. The van der Waals surface area contributed by atoms with Gasteiger partial charge in [0, 0.05) is 6.04 Å². The van der Waals surface area contributed by atoms with Crippen molar-refractivity contribution in [1.82, 2.24) is 5.32 Å². The van der Waals surface area contributed by atoms with Gasteiger partial charge in [-0.3, -0.25) is 0 Å². The molecule has 2 nitrogen and oxygen atoms in total. The standard InChI is InChI=1S/C19H25NO/c1-3-12-20-18(14-17-9-7-8-16(2)13-17)15-21-19-10-5-4-6-11-19/h4-11,13,18,20H,3,12,14-15H2,1-2H3. The van der Waals surface area contributed by atoms with Gasteiger partial charge in [-0.15, -0.1) is 0 Å². The molecule has 1 unspecified atom stereocenters. The first kappa shape index (κ1) is 15.6. The highest BCUT2D eigenvalue weighted by Gasteiger charge is 2.10. The van der Waals surface area contributed by atoms with Crippen molar-refractivity contribution >= 4 is 0 Å². The van der Waals surface area contributed by atoms with Crippen LogP contribution in [-0.4, -0.2) is 19.2 Å². The third-order valence-electron chi connectivity index (χ3n) is 3.44. The maximum absolute atomic E-state index is 5.91. The number of nitrogens with one attached hydrogen (secondary N) is 1. The van der Waals surface area contributed by atoms with Crippen LogP contribution in [0.3, 0.4) is 0 Å². The molecule has 2 heteroatoms. The summed E-state index contributed by atoms with van der Waals surface area (Å²) in [6, 6.07) is 19.1. The summed E-state index contributed by atoms with van der Waals surface area (Å²) in [4.78, 5) is 0. The number of ether oxygens (including phenoxy) is 1. The minimum atomic E-state index is 0.340. The Morgan fingerprint density at radius 2 is 1.86 bits per heavy atom. The van der Waals surface area contributed by atoms with Crippen LogP contribution >= 0.6 is 0 Å². The van der Waals surface area contributed by atoms with Crippen LogP contribution < -0.4 is 10.1 Å². The molecule has 0 saturated heterocycles. The molecule has 0 heterocycles. The summed E-state index contributed by atoms with van der Waals surface area (Å²) in [6.45, 7) is 6.04. The first-order valence-electron chi connectivity index (χ1n) is 7.74. The van der Waals surface area contributed by atoms with Gasteiger partial charge >= 0.3 is 0 Å². The summed E-state index contributed by atoms with van der Waals surface area (Å²) in [7, 11) is 0. The highest BCUT2D eigenvalue weighted by atomic mass is 16.5. The predicted molar refractivity (Wildman–Crippen MR) is 88.9 cm³/mol. The third-order valence-corrected chi connectivity index (χ3v) is 3.44. The van der Waals surface area contributed by atoms with Gasteiger partial charge in [-0.1, -0.05) is 55.0 Å². The second-order valence-electron chi connectivity index (χ2n) is 5.47. The van der Waals surface area contributed by atoms with E-state index in [0.717, 1.165) is 25.1 Å². The van der Waals surface area contributed by atoms with Crippen molar-refractivity contribution in [3.63, 3.8) is 0 Å². The fourth-order valence-electron chi connectivity index (χ4n) is 2.38. The molecular weight excluding hydrogens is 258 g/mol. The van der Waals surface area contributed by atoms with Crippen LogP contribution in [0.4, 0.5) is 0 Å². The molecule has 0 radical (unpaired) electrons. The van der Waals surface area contributed by atoms with Crippen LogP contribution in [0.1, 0.15) is 24.5 Å². The van der Waals surface area contributed by atoms with Crippen LogP contribution in [0.2, 0.25) is 0 Å².